The Labute approximate surface area is 311 Å². The SMILES string of the molecule is COc1ccc(I)cc1N1CCC(=O)N(CNC(=O)[C@H](CC(N)=O)NC(=O)[C@H](CC(N)=O)NC(=O)OCC2c3ccccc3-c3ccccc32)C1=O. The molecule has 16 nitrogen and oxygen atoms in total. The number of amides is 8. The van der Waals surface area contributed by atoms with Crippen molar-refractivity contribution in [1.82, 2.24) is 20.9 Å². The van der Waals surface area contributed by atoms with E-state index in [4.69, 9.17) is 20.9 Å². The molecule has 0 bridgehead atoms. The number of carbonyl (C=O) groups excluding carboxylic acids is 7. The van der Waals surface area contributed by atoms with Crippen LogP contribution >= 0.6 is 22.6 Å². The molecule has 3 aromatic carbocycles. The van der Waals surface area contributed by atoms with Crippen molar-refractivity contribution in [3.63, 3.8) is 0 Å². The number of imide groups is 1. The average molecular weight is 826 g/mol. The zero-order valence-corrected chi connectivity index (χ0v) is 30.1. The minimum Gasteiger partial charge on any atom is -0.495 e. The number of hydrogen-bond donors (Lipinski definition) is 5. The maximum atomic E-state index is 13.4. The van der Waals surface area contributed by atoms with Crippen LogP contribution in [0.1, 0.15) is 36.3 Å². The molecule has 5 rings (SSSR count). The normalized spacial score (nSPS) is 14.8. The Morgan fingerprint density at radius 3 is 2.06 bits per heavy atom. The van der Waals surface area contributed by atoms with E-state index in [0.717, 1.165) is 30.7 Å². The Hall–Kier alpha value is -5.72. The monoisotopic (exact) mass is 825 g/mol. The quantitative estimate of drug-likeness (QED) is 0.149. The fourth-order valence-electron chi connectivity index (χ4n) is 6.10. The van der Waals surface area contributed by atoms with Gasteiger partial charge in [0.15, 0.2) is 0 Å². The lowest BCUT2D eigenvalue weighted by atomic mass is 9.98. The molecular weight excluding hydrogens is 789 g/mol. The highest BCUT2D eigenvalue weighted by Gasteiger charge is 2.36. The van der Waals surface area contributed by atoms with E-state index in [2.05, 4.69) is 38.5 Å². The van der Waals surface area contributed by atoms with Crippen LogP contribution in [0, 0.1) is 3.57 Å². The molecule has 1 saturated heterocycles. The lowest BCUT2D eigenvalue weighted by Gasteiger charge is -2.35. The van der Waals surface area contributed by atoms with Gasteiger partial charge in [0.1, 0.15) is 31.1 Å². The third-order valence-corrected chi connectivity index (χ3v) is 9.22. The molecule has 1 heterocycles. The maximum absolute atomic E-state index is 13.4. The van der Waals surface area contributed by atoms with E-state index in [0.29, 0.717) is 11.4 Å². The van der Waals surface area contributed by atoms with Crippen molar-refractivity contribution in [2.24, 2.45) is 11.5 Å². The standard InChI is InChI=1S/C35H36IN7O9/c1-51-28-11-10-19(36)14-27(28)42-13-12-31(46)43(35(42)50)18-39-32(47)25(15-29(37)44)40-33(48)26(16-30(38)45)41-34(49)52-17-24-22-8-4-2-6-20(22)21-7-3-5-9-23(21)24/h2-11,14,24-26H,12-13,15-18H2,1H3,(H2,37,44)(H2,38,45)(H,39,47)(H,40,48)(H,41,49)/t25-,26-/m0/s1. The van der Waals surface area contributed by atoms with Crippen molar-refractivity contribution in [1.29, 1.82) is 0 Å². The number of fused-ring (bicyclic) bond motifs is 3. The number of nitrogens with zero attached hydrogens (tertiary/aromatic N) is 2. The average Bonchev–Trinajstić information content (AvgIpc) is 3.43. The Kier molecular flexibility index (Phi) is 11.9. The highest BCUT2D eigenvalue weighted by Crippen LogP contribution is 2.44. The number of carbonyl (C=O) groups is 7. The number of nitrogens with one attached hydrogen (secondary N) is 3. The summed E-state index contributed by atoms with van der Waals surface area (Å²) in [6.07, 6.45) is -2.46. The second kappa shape index (κ2) is 16.5. The van der Waals surface area contributed by atoms with Gasteiger partial charge in [-0.1, -0.05) is 48.5 Å². The van der Waals surface area contributed by atoms with E-state index in [1.54, 1.807) is 18.2 Å². The molecule has 0 radical (unpaired) electrons. The fraction of sp³-hybridized carbons (Fsp3) is 0.286. The van der Waals surface area contributed by atoms with Gasteiger partial charge >= 0.3 is 12.1 Å². The predicted octanol–water partition coefficient (Wildman–Crippen LogP) is 1.68. The summed E-state index contributed by atoms with van der Waals surface area (Å²) in [7, 11) is 1.44. The van der Waals surface area contributed by atoms with Crippen LogP contribution in [0.25, 0.3) is 11.1 Å². The van der Waals surface area contributed by atoms with E-state index < -0.39 is 73.3 Å². The first-order valence-corrected chi connectivity index (χ1v) is 17.2. The van der Waals surface area contributed by atoms with Crippen molar-refractivity contribution in [3.8, 4) is 16.9 Å². The molecule has 17 heteroatoms. The molecule has 2 atom stereocenters. The zero-order valence-electron chi connectivity index (χ0n) is 27.9. The number of ether oxygens (including phenoxy) is 2. The first kappa shape index (κ1) is 37.5. The molecule has 0 aromatic heterocycles. The van der Waals surface area contributed by atoms with Crippen LogP contribution in [0.3, 0.4) is 0 Å². The van der Waals surface area contributed by atoms with Crippen LogP contribution < -0.4 is 37.1 Å². The second-order valence-corrected chi connectivity index (χ2v) is 13.2. The van der Waals surface area contributed by atoms with E-state index in [1.807, 2.05) is 48.5 Å². The first-order valence-electron chi connectivity index (χ1n) is 16.1. The smallest absolute Gasteiger partial charge is 0.407 e. The summed E-state index contributed by atoms with van der Waals surface area (Å²) >= 11 is 2.07. The van der Waals surface area contributed by atoms with Crippen LogP contribution in [0.5, 0.6) is 5.75 Å². The Morgan fingerprint density at radius 1 is 0.865 bits per heavy atom. The van der Waals surface area contributed by atoms with Gasteiger partial charge < -0.3 is 36.9 Å². The van der Waals surface area contributed by atoms with E-state index in [1.165, 1.54) is 12.0 Å². The third-order valence-electron chi connectivity index (χ3n) is 8.55. The van der Waals surface area contributed by atoms with E-state index in [-0.39, 0.29) is 25.5 Å². The summed E-state index contributed by atoms with van der Waals surface area (Å²) in [5.41, 5.74) is 15.0. The third kappa shape index (κ3) is 8.59. The molecule has 2 aliphatic rings. The fourth-order valence-corrected chi connectivity index (χ4v) is 6.57. The van der Waals surface area contributed by atoms with Gasteiger partial charge in [0, 0.05) is 22.5 Å². The molecule has 52 heavy (non-hydrogen) atoms. The van der Waals surface area contributed by atoms with Gasteiger partial charge in [0.2, 0.25) is 29.5 Å². The van der Waals surface area contributed by atoms with Gasteiger partial charge in [0.05, 0.1) is 25.6 Å². The molecule has 0 spiro atoms. The topological polar surface area (TPSA) is 233 Å². The first-order chi connectivity index (χ1) is 24.9. The minimum atomic E-state index is -1.62. The molecule has 1 aliphatic carbocycles. The van der Waals surface area contributed by atoms with Gasteiger partial charge in [-0.05, 0) is 63.0 Å². The summed E-state index contributed by atoms with van der Waals surface area (Å²) < 4.78 is 11.7. The summed E-state index contributed by atoms with van der Waals surface area (Å²) in [4.78, 5) is 91.6. The molecule has 272 valence electrons. The van der Waals surface area contributed by atoms with Crippen LogP contribution in [-0.4, -0.2) is 85.6 Å². The highest BCUT2D eigenvalue weighted by molar-refractivity contribution is 14.1. The van der Waals surface area contributed by atoms with Gasteiger partial charge in [-0.2, -0.15) is 0 Å². The number of primary amides is 2. The number of urea groups is 1. The van der Waals surface area contributed by atoms with Crippen molar-refractivity contribution >= 4 is 69.9 Å². The Bertz CT molecular complexity index is 1880. The number of nitrogens with two attached hydrogens (primary N) is 2. The largest absolute Gasteiger partial charge is 0.495 e. The van der Waals surface area contributed by atoms with Crippen LogP contribution in [-0.2, 0) is 28.7 Å². The van der Waals surface area contributed by atoms with Crippen molar-refractivity contribution in [2.45, 2.75) is 37.3 Å². The van der Waals surface area contributed by atoms with Crippen LogP contribution in [0.4, 0.5) is 15.3 Å². The number of anilines is 1. The molecule has 8 amide bonds. The summed E-state index contributed by atoms with van der Waals surface area (Å²) in [6.45, 7) is -0.622. The second-order valence-electron chi connectivity index (χ2n) is 11.9. The number of rotatable bonds is 14. The van der Waals surface area contributed by atoms with E-state index in [9.17, 15) is 33.6 Å². The molecule has 7 N–H and O–H groups in total. The number of benzene rings is 3. The molecule has 0 unspecified atom stereocenters. The van der Waals surface area contributed by atoms with Crippen molar-refractivity contribution in [2.75, 3.05) is 31.8 Å². The maximum Gasteiger partial charge on any atom is 0.407 e. The number of hydrogen-bond acceptors (Lipinski definition) is 9. The van der Waals surface area contributed by atoms with E-state index >= 15 is 0 Å². The zero-order chi connectivity index (χ0) is 37.5. The number of alkyl carbamates (subject to hydrolysis) is 1. The minimum absolute atomic E-state index is 0.0615. The van der Waals surface area contributed by atoms with Gasteiger partial charge in [-0.25, -0.2) is 14.5 Å². The summed E-state index contributed by atoms with van der Waals surface area (Å²) in [5.74, 6) is -4.41. The highest BCUT2D eigenvalue weighted by atomic mass is 127. The summed E-state index contributed by atoms with van der Waals surface area (Å²) in [5, 5.41) is 7.00. The van der Waals surface area contributed by atoms with Gasteiger partial charge in [0.25, 0.3) is 0 Å². The predicted molar refractivity (Wildman–Crippen MR) is 194 cm³/mol. The van der Waals surface area contributed by atoms with Gasteiger partial charge in [-0.3, -0.25) is 28.9 Å². The Morgan fingerprint density at radius 2 is 1.46 bits per heavy atom. The number of methoxy groups -OCH3 is 1. The lowest BCUT2D eigenvalue weighted by molar-refractivity contribution is -0.134. The van der Waals surface area contributed by atoms with Crippen LogP contribution in [0.15, 0.2) is 66.7 Å². The lowest BCUT2D eigenvalue weighted by Crippen LogP contribution is -2.59. The van der Waals surface area contributed by atoms with Crippen molar-refractivity contribution < 1.29 is 43.0 Å². The Balaban J connectivity index is 1.23. The molecule has 1 aliphatic heterocycles. The molecular formula is C35H36IN7O9. The molecule has 0 saturated carbocycles. The van der Waals surface area contributed by atoms with Crippen molar-refractivity contribution in [3.05, 3.63) is 81.4 Å². The van der Waals surface area contributed by atoms with Crippen LogP contribution in [0.2, 0.25) is 0 Å². The molecule has 3 aromatic rings. The van der Waals surface area contributed by atoms with Gasteiger partial charge in [-0.15, -0.1) is 0 Å². The molecule has 1 fully saturated rings. The number of halogens is 1. The summed E-state index contributed by atoms with van der Waals surface area (Å²) in [6, 6.07) is 16.6.